The lowest BCUT2D eigenvalue weighted by Crippen LogP contribution is -2.71. The number of benzene rings is 1. The standard InChI is InChI=1S/C30H26FN9O8S2/c31-18-10-17(1-2-19(18)41)33-20(42)12-38-6-3-14(4-7-38)11-39-8-5-15(26(39)44)9-16-13-49-28-22(27(45)40(28)23(16)29(46)47)34-25(43)21(36-48)24-35-30(32)50-37-24/h1-4,6-7,9-10,22,28H,5,8,11-13H2,(H6-,32,33,34,35,36,37,41,42,43,46,47,48)/b15-9+/t22-,28-/m1/s1. The Hall–Kier alpha value is -5.89. The van der Waals surface area contributed by atoms with Gasteiger partial charge in [-0.3, -0.25) is 24.1 Å². The summed E-state index contributed by atoms with van der Waals surface area (Å²) in [6.45, 7) is 0.532. The molecule has 5 heterocycles. The van der Waals surface area contributed by atoms with Crippen molar-refractivity contribution in [2.24, 2.45) is 5.16 Å². The van der Waals surface area contributed by atoms with Crippen molar-refractivity contribution in [3.05, 3.63) is 82.8 Å². The van der Waals surface area contributed by atoms with Gasteiger partial charge in [-0.1, -0.05) is 5.16 Å². The van der Waals surface area contributed by atoms with Crippen LogP contribution in [0.5, 0.6) is 5.75 Å². The Bertz CT molecular complexity index is 2020. The van der Waals surface area contributed by atoms with Crippen molar-refractivity contribution in [2.45, 2.75) is 30.9 Å². The van der Waals surface area contributed by atoms with Gasteiger partial charge in [0.25, 0.3) is 17.7 Å². The number of thioether (sulfide) groups is 1. The zero-order valence-corrected chi connectivity index (χ0v) is 27.2. The SMILES string of the molecule is Nc1nc(/C(=N/O)C(=O)N[C@@H]2C(=O)N3C(C(=O)[O-])=C(/C=C4\CCN(Cc5cc[n+](CC(=O)Nc6ccc(O)c(F)c6)cc5)C4=O)CS[C@H]23)ns1. The van der Waals surface area contributed by atoms with E-state index in [1.54, 1.807) is 34.0 Å². The van der Waals surface area contributed by atoms with E-state index in [2.05, 4.69) is 25.1 Å². The van der Waals surface area contributed by atoms with Gasteiger partial charge >= 0.3 is 0 Å². The van der Waals surface area contributed by atoms with Crippen molar-refractivity contribution >= 4 is 69.4 Å². The number of carboxylic acids is 1. The fourth-order valence-corrected chi connectivity index (χ4v) is 7.25. The van der Waals surface area contributed by atoms with Crippen LogP contribution in [0.4, 0.5) is 15.2 Å². The summed E-state index contributed by atoms with van der Waals surface area (Å²) >= 11 is 1.94. The monoisotopic (exact) mass is 723 g/mol. The highest BCUT2D eigenvalue weighted by atomic mass is 32.2. The third kappa shape index (κ3) is 6.83. The highest BCUT2D eigenvalue weighted by Crippen LogP contribution is 2.41. The molecule has 2 atom stereocenters. The van der Waals surface area contributed by atoms with Crippen LogP contribution in [0.3, 0.4) is 0 Å². The Morgan fingerprint density at radius 2 is 1.98 bits per heavy atom. The summed E-state index contributed by atoms with van der Waals surface area (Å²) in [6.07, 6.45) is 5.09. The lowest BCUT2D eigenvalue weighted by atomic mass is 10.0. The number of rotatable bonds is 10. The number of carboxylic acid groups (broad SMARTS) is 1. The summed E-state index contributed by atoms with van der Waals surface area (Å²) in [5.41, 5.74) is 6.07. The molecule has 0 bridgehead atoms. The Morgan fingerprint density at radius 3 is 2.64 bits per heavy atom. The van der Waals surface area contributed by atoms with E-state index in [4.69, 9.17) is 5.73 Å². The van der Waals surface area contributed by atoms with Crippen molar-refractivity contribution < 1.29 is 48.4 Å². The Kier molecular flexibility index (Phi) is 9.46. The third-order valence-electron chi connectivity index (χ3n) is 7.90. The fraction of sp³-hybridized carbons (Fsp3) is 0.233. The molecule has 0 aliphatic carbocycles. The highest BCUT2D eigenvalue weighted by Gasteiger charge is 2.53. The van der Waals surface area contributed by atoms with E-state index < -0.39 is 58.1 Å². The molecule has 3 aromatic rings. The molecule has 17 nitrogen and oxygen atoms in total. The molecule has 6 rings (SSSR count). The molecule has 20 heteroatoms. The molecule has 6 N–H and O–H groups in total. The minimum Gasteiger partial charge on any atom is -0.543 e. The summed E-state index contributed by atoms with van der Waals surface area (Å²) in [7, 11) is 0. The molecule has 0 saturated carbocycles. The van der Waals surface area contributed by atoms with Gasteiger partial charge in [0.2, 0.25) is 24.0 Å². The predicted octanol–water partition coefficient (Wildman–Crippen LogP) is -1.17. The Balaban J connectivity index is 1.07. The third-order valence-corrected chi connectivity index (χ3v) is 9.74. The van der Waals surface area contributed by atoms with Crippen molar-refractivity contribution in [2.75, 3.05) is 23.3 Å². The van der Waals surface area contributed by atoms with Gasteiger partial charge in [-0.2, -0.15) is 13.9 Å². The highest BCUT2D eigenvalue weighted by molar-refractivity contribution is 8.00. The molecule has 0 radical (unpaired) electrons. The van der Waals surface area contributed by atoms with E-state index in [1.165, 1.54) is 23.9 Å². The second-order valence-corrected chi connectivity index (χ2v) is 13.1. The number of fused-ring (bicyclic) bond motifs is 1. The first kappa shape index (κ1) is 34.0. The summed E-state index contributed by atoms with van der Waals surface area (Å²) < 4.78 is 18.9. The van der Waals surface area contributed by atoms with Crippen LogP contribution in [0.2, 0.25) is 0 Å². The first-order chi connectivity index (χ1) is 23.9. The van der Waals surface area contributed by atoms with Gasteiger partial charge in [-0.05, 0) is 35.8 Å². The van der Waals surface area contributed by atoms with Gasteiger partial charge in [0, 0.05) is 59.8 Å². The Morgan fingerprint density at radius 1 is 1.22 bits per heavy atom. The molecule has 2 aromatic heterocycles. The zero-order chi connectivity index (χ0) is 35.7. The van der Waals surface area contributed by atoms with Crippen LogP contribution < -0.4 is 26.0 Å². The first-order valence-electron chi connectivity index (χ1n) is 14.7. The number of hydrogen-bond donors (Lipinski definition) is 5. The maximum absolute atomic E-state index is 13.5. The first-order valence-corrected chi connectivity index (χ1v) is 16.5. The lowest BCUT2D eigenvalue weighted by molar-refractivity contribution is -0.684. The quantitative estimate of drug-likeness (QED) is 0.0316. The molecule has 258 valence electrons. The number of allylic oxidation sites excluding steroid dienone is 1. The summed E-state index contributed by atoms with van der Waals surface area (Å²) in [5.74, 6) is -5.58. The van der Waals surface area contributed by atoms with Crippen LogP contribution in [0.1, 0.15) is 17.8 Å². The number of aliphatic carboxylic acids is 1. The predicted molar refractivity (Wildman–Crippen MR) is 171 cm³/mol. The number of halogens is 1. The second kappa shape index (κ2) is 13.9. The van der Waals surface area contributed by atoms with Gasteiger partial charge in [0.1, 0.15) is 11.4 Å². The number of likely N-dealkylation sites (tertiary alicyclic amines) is 1. The van der Waals surface area contributed by atoms with Gasteiger partial charge in [0.05, 0.1) is 11.7 Å². The average Bonchev–Trinajstić information content (AvgIpc) is 3.66. The number of β-lactam (4-membered cyclic amide) rings is 1. The number of carbonyl (C=O) groups excluding carboxylic acids is 5. The number of oxime groups is 1. The van der Waals surface area contributed by atoms with Crippen molar-refractivity contribution in [1.29, 1.82) is 0 Å². The van der Waals surface area contributed by atoms with Crippen LogP contribution in [-0.2, 0) is 37.1 Å². The normalized spacial score (nSPS) is 19.8. The van der Waals surface area contributed by atoms with Crippen molar-refractivity contribution in [3.63, 3.8) is 0 Å². The van der Waals surface area contributed by atoms with Crippen LogP contribution >= 0.6 is 23.3 Å². The maximum atomic E-state index is 13.5. The molecule has 0 unspecified atom stereocenters. The molecule has 50 heavy (non-hydrogen) atoms. The zero-order valence-electron chi connectivity index (χ0n) is 25.6. The molecule has 3 aliphatic heterocycles. The van der Waals surface area contributed by atoms with E-state index in [9.17, 15) is 43.8 Å². The van der Waals surface area contributed by atoms with Crippen molar-refractivity contribution in [1.82, 2.24) is 24.5 Å². The Labute approximate surface area is 289 Å². The van der Waals surface area contributed by atoms with Gasteiger partial charge < -0.3 is 41.5 Å². The number of nitrogens with one attached hydrogen (secondary N) is 2. The van der Waals surface area contributed by atoms with Gasteiger partial charge in [-0.15, -0.1) is 11.8 Å². The summed E-state index contributed by atoms with van der Waals surface area (Å²) in [4.78, 5) is 70.1. The lowest BCUT2D eigenvalue weighted by Gasteiger charge is -2.50. The van der Waals surface area contributed by atoms with E-state index in [0.29, 0.717) is 18.5 Å². The number of amides is 4. The number of nitrogens with two attached hydrogens (primary N) is 1. The summed E-state index contributed by atoms with van der Waals surface area (Å²) in [5, 5.41) is 37.9. The number of hydrogen-bond acceptors (Lipinski definition) is 14. The number of carbonyl (C=O) groups is 5. The van der Waals surface area contributed by atoms with E-state index in [1.807, 2.05) is 0 Å². The van der Waals surface area contributed by atoms with Crippen LogP contribution in [0.15, 0.2) is 70.8 Å². The minimum atomic E-state index is -1.62. The molecule has 1 aromatic carbocycles. The number of nitrogen functional groups attached to an aromatic ring is 1. The minimum absolute atomic E-state index is 0.0257. The number of phenolic OH excluding ortho intramolecular Hbond substituents is 1. The molecule has 0 spiro atoms. The molecule has 2 fully saturated rings. The topological polar surface area (TPSA) is 247 Å². The number of nitrogens with zero attached hydrogens (tertiary/aromatic N) is 6. The fourth-order valence-electron chi connectivity index (χ4n) is 5.51. The molecular formula is C30H26FN9O8S2. The number of aromatic nitrogens is 3. The molecule has 4 amide bonds. The van der Waals surface area contributed by atoms with E-state index in [-0.39, 0.29) is 47.0 Å². The van der Waals surface area contributed by atoms with E-state index in [0.717, 1.165) is 34.1 Å². The van der Waals surface area contributed by atoms with Crippen LogP contribution in [0.25, 0.3) is 0 Å². The van der Waals surface area contributed by atoms with Crippen molar-refractivity contribution in [3.8, 4) is 5.75 Å². The van der Waals surface area contributed by atoms with Gasteiger partial charge in [-0.25, -0.2) is 4.39 Å². The molecular weight excluding hydrogens is 698 g/mol. The van der Waals surface area contributed by atoms with Crippen LogP contribution in [0, 0.1) is 5.82 Å². The smallest absolute Gasteiger partial charge is 0.290 e. The van der Waals surface area contributed by atoms with Gasteiger partial charge in [0.15, 0.2) is 29.1 Å². The van der Waals surface area contributed by atoms with E-state index >= 15 is 0 Å². The average molecular weight is 724 g/mol. The molecule has 3 aliphatic rings. The molecule has 2 saturated heterocycles. The summed E-state index contributed by atoms with van der Waals surface area (Å²) in [6, 6.07) is 5.84. The largest absolute Gasteiger partial charge is 0.543 e. The maximum Gasteiger partial charge on any atom is 0.290 e. The second-order valence-electron chi connectivity index (χ2n) is 11.2. The number of aromatic hydroxyl groups is 1. The number of anilines is 2. The number of phenols is 1. The number of pyridine rings is 1. The van der Waals surface area contributed by atoms with Crippen LogP contribution in [-0.4, -0.2) is 88.5 Å².